The van der Waals surface area contributed by atoms with Gasteiger partial charge in [0.25, 0.3) is 0 Å². The molecule has 0 spiro atoms. The van der Waals surface area contributed by atoms with E-state index in [1.807, 2.05) is 0 Å². The van der Waals surface area contributed by atoms with Gasteiger partial charge in [-0.05, 0) is 62.8 Å². The van der Waals surface area contributed by atoms with Gasteiger partial charge in [-0.25, -0.2) is 8.42 Å². The van der Waals surface area contributed by atoms with Gasteiger partial charge in [-0.3, -0.25) is 4.90 Å². The van der Waals surface area contributed by atoms with Crippen LogP contribution in [0.3, 0.4) is 0 Å². The molecule has 4 heterocycles. The molecule has 3 aromatic rings. The summed E-state index contributed by atoms with van der Waals surface area (Å²) in [5.74, 6) is 5.83. The van der Waals surface area contributed by atoms with Gasteiger partial charge in [-0.1, -0.05) is 12.0 Å². The third-order valence-corrected chi connectivity index (χ3v) is 10.2. The summed E-state index contributed by atoms with van der Waals surface area (Å²) in [5.41, 5.74) is 9.04. The van der Waals surface area contributed by atoms with Crippen molar-refractivity contribution >= 4 is 32.1 Å². The second kappa shape index (κ2) is 11.5. The maximum absolute atomic E-state index is 13.8. The summed E-state index contributed by atoms with van der Waals surface area (Å²) >= 11 is 0. The fraction of sp³-hybridized carbons (Fsp3) is 0.500. The number of rotatable bonds is 7. The molecule has 3 aliphatic heterocycles. The number of ether oxygens (including phenoxy) is 2. The van der Waals surface area contributed by atoms with Gasteiger partial charge in [0.2, 0.25) is 0 Å². The normalized spacial score (nSPS) is 24.0. The van der Waals surface area contributed by atoms with Crippen molar-refractivity contribution in [1.29, 1.82) is 0 Å². The van der Waals surface area contributed by atoms with Crippen molar-refractivity contribution in [3.8, 4) is 28.7 Å². The molecule has 1 saturated carbocycles. The highest BCUT2D eigenvalue weighted by Gasteiger charge is 2.41. The molecule has 236 valence electrons. The summed E-state index contributed by atoms with van der Waals surface area (Å²) < 4.78 is 78.4. The van der Waals surface area contributed by atoms with E-state index in [-0.39, 0.29) is 22.3 Å². The Bertz CT molecular complexity index is 1730. The molecule has 1 unspecified atom stereocenters. The van der Waals surface area contributed by atoms with Gasteiger partial charge >= 0.3 is 6.18 Å². The van der Waals surface area contributed by atoms with Crippen LogP contribution in [-0.4, -0.2) is 74.8 Å². The molecule has 3 saturated heterocycles. The van der Waals surface area contributed by atoms with E-state index in [0.717, 1.165) is 56.0 Å². The molecule has 0 radical (unpaired) electrons. The highest BCUT2D eigenvalue weighted by molar-refractivity contribution is 7.90. The third-order valence-electron chi connectivity index (χ3n) is 9.09. The van der Waals surface area contributed by atoms with Crippen LogP contribution < -0.4 is 15.8 Å². The van der Waals surface area contributed by atoms with Crippen molar-refractivity contribution in [3.63, 3.8) is 0 Å². The van der Waals surface area contributed by atoms with Crippen molar-refractivity contribution in [3.05, 3.63) is 36.0 Å². The first-order valence-electron chi connectivity index (χ1n) is 14.8. The molecule has 7 rings (SSSR count). The summed E-state index contributed by atoms with van der Waals surface area (Å²) in [7, 11) is -2.05. The summed E-state index contributed by atoms with van der Waals surface area (Å²) in [6.07, 6.45) is 2.21. The molecule has 1 aliphatic carbocycles. The van der Waals surface area contributed by atoms with Crippen molar-refractivity contribution < 1.29 is 31.1 Å². The van der Waals surface area contributed by atoms with Crippen LogP contribution in [0.25, 0.3) is 22.0 Å². The number of benzene rings is 2. The van der Waals surface area contributed by atoms with Crippen molar-refractivity contribution in [2.75, 3.05) is 37.5 Å². The number of anilines is 2. The van der Waals surface area contributed by atoms with Gasteiger partial charge in [-0.2, -0.15) is 13.2 Å². The van der Waals surface area contributed by atoms with Crippen LogP contribution in [0.4, 0.5) is 24.5 Å². The summed E-state index contributed by atoms with van der Waals surface area (Å²) in [5, 5.41) is 4.13. The van der Waals surface area contributed by atoms with E-state index < -0.39 is 22.6 Å². The van der Waals surface area contributed by atoms with Gasteiger partial charge in [0.15, 0.2) is 9.84 Å². The molecule has 8 nitrogen and oxygen atoms in total. The van der Waals surface area contributed by atoms with Crippen LogP contribution in [0, 0.1) is 11.8 Å². The number of hydrogen-bond donors (Lipinski definition) is 2. The number of nitrogens with zero attached hydrogens (tertiary/aromatic N) is 2. The third kappa shape index (κ3) is 5.85. The Kier molecular flexibility index (Phi) is 8.01. The molecule has 1 aromatic heterocycles. The zero-order chi connectivity index (χ0) is 31.4. The molecule has 4 fully saturated rings. The average molecular weight is 631 g/mol. The number of sulfone groups is 1. The highest BCUT2D eigenvalue weighted by atomic mass is 32.2. The first-order valence-corrected chi connectivity index (χ1v) is 16.7. The SMILES string of the molecule is CC#Cc1c(N)c2c(NC3CCC(N4CC5C[C@@H](C4)O5)CC3)c(-c3ccc(S(C)(=O)=O)cc3OC)ccc2n1CC(F)(F)F. The molecular formula is C32H37F3N4O4S. The number of halogens is 3. The van der Waals surface area contributed by atoms with E-state index >= 15 is 0 Å². The van der Waals surface area contributed by atoms with Crippen molar-refractivity contribution in [1.82, 2.24) is 9.47 Å². The number of morpholine rings is 1. The summed E-state index contributed by atoms with van der Waals surface area (Å²) in [6, 6.07) is 8.52. The number of aromatic nitrogens is 1. The Labute approximate surface area is 255 Å². The van der Waals surface area contributed by atoms with Crippen LogP contribution in [0.15, 0.2) is 35.2 Å². The zero-order valence-corrected chi connectivity index (χ0v) is 25.8. The number of nitrogens with two attached hydrogens (primary N) is 1. The number of piperidine rings is 1. The van der Waals surface area contributed by atoms with E-state index in [2.05, 4.69) is 22.1 Å². The van der Waals surface area contributed by atoms with Crippen molar-refractivity contribution in [2.45, 2.75) is 80.9 Å². The highest BCUT2D eigenvalue weighted by Crippen LogP contribution is 2.45. The second-order valence-electron chi connectivity index (χ2n) is 12.1. The Morgan fingerprint density at radius 1 is 1.09 bits per heavy atom. The molecule has 0 amide bonds. The number of nitrogen functional groups attached to an aromatic ring is 1. The topological polar surface area (TPSA) is 98.8 Å². The minimum atomic E-state index is -4.49. The molecular weight excluding hydrogens is 593 g/mol. The zero-order valence-electron chi connectivity index (χ0n) is 25.0. The van der Waals surface area contributed by atoms with Gasteiger partial charge in [0, 0.05) is 54.4 Å². The summed E-state index contributed by atoms with van der Waals surface area (Å²) in [6.45, 7) is 2.26. The Hall–Kier alpha value is -3.40. The fourth-order valence-corrected chi connectivity index (χ4v) is 7.68. The van der Waals surface area contributed by atoms with Crippen LogP contribution in [0.2, 0.25) is 0 Å². The minimum absolute atomic E-state index is 0.0542. The fourth-order valence-electron chi connectivity index (χ4n) is 7.04. The number of hydrogen-bond acceptors (Lipinski definition) is 7. The monoisotopic (exact) mass is 630 g/mol. The molecule has 4 aliphatic rings. The van der Waals surface area contributed by atoms with E-state index in [1.165, 1.54) is 19.2 Å². The molecule has 2 aromatic carbocycles. The molecule has 44 heavy (non-hydrogen) atoms. The minimum Gasteiger partial charge on any atom is -0.496 e. The number of nitrogens with one attached hydrogen (secondary N) is 1. The van der Waals surface area contributed by atoms with Crippen LogP contribution >= 0.6 is 0 Å². The first kappa shape index (κ1) is 30.6. The maximum atomic E-state index is 13.8. The number of methoxy groups -OCH3 is 1. The lowest BCUT2D eigenvalue weighted by molar-refractivity contribution is -0.189. The largest absolute Gasteiger partial charge is 0.496 e. The van der Waals surface area contributed by atoms with Crippen LogP contribution in [0.1, 0.15) is 44.7 Å². The number of fused-ring (bicyclic) bond motifs is 3. The number of alkyl halides is 3. The van der Waals surface area contributed by atoms with Gasteiger partial charge < -0.3 is 25.1 Å². The average Bonchev–Trinajstić information content (AvgIpc) is 3.22. The summed E-state index contributed by atoms with van der Waals surface area (Å²) in [4.78, 5) is 2.65. The maximum Gasteiger partial charge on any atom is 0.406 e. The smallest absolute Gasteiger partial charge is 0.406 e. The van der Waals surface area contributed by atoms with Gasteiger partial charge in [0.05, 0.1) is 41.1 Å². The molecule has 12 heteroatoms. The van der Waals surface area contributed by atoms with E-state index in [9.17, 15) is 21.6 Å². The van der Waals surface area contributed by atoms with Crippen LogP contribution in [0.5, 0.6) is 5.75 Å². The lowest BCUT2D eigenvalue weighted by Gasteiger charge is -2.50. The van der Waals surface area contributed by atoms with E-state index in [1.54, 1.807) is 25.1 Å². The predicted octanol–water partition coefficient (Wildman–Crippen LogP) is 5.43. The lowest BCUT2D eigenvalue weighted by atomic mass is 9.87. The quantitative estimate of drug-likeness (QED) is 0.336. The second-order valence-corrected chi connectivity index (χ2v) is 14.1. The first-order chi connectivity index (χ1) is 20.9. The Balaban J connectivity index is 1.43. The Morgan fingerprint density at radius 2 is 1.75 bits per heavy atom. The predicted molar refractivity (Wildman–Crippen MR) is 165 cm³/mol. The molecule has 2 atom stereocenters. The molecule has 2 bridgehead atoms. The van der Waals surface area contributed by atoms with Crippen LogP contribution in [-0.2, 0) is 21.1 Å². The Morgan fingerprint density at radius 3 is 2.34 bits per heavy atom. The standard InChI is InChI=1S/C32H37F3N4O4S/c1-4-5-27-30(36)29-26(39(27)18-32(33,34)35)13-12-25(24-11-10-23(44(3,40)41)15-28(24)42-2)31(29)37-19-6-8-20(9-7-19)38-16-21-14-22(17-38)43-21/h10-13,15,19-22,37H,6-9,14,16-18,36H2,1-3H3/t19?,20?,21-,22?/m0/s1. The lowest BCUT2D eigenvalue weighted by Crippen LogP contribution is -2.60. The van der Waals surface area contributed by atoms with Gasteiger partial charge in [-0.15, -0.1) is 0 Å². The van der Waals surface area contributed by atoms with E-state index in [4.69, 9.17) is 15.2 Å². The van der Waals surface area contributed by atoms with E-state index in [0.29, 0.717) is 51.7 Å². The van der Waals surface area contributed by atoms with Crippen molar-refractivity contribution in [2.24, 2.45) is 0 Å². The van der Waals surface area contributed by atoms with Gasteiger partial charge in [0.1, 0.15) is 18.0 Å². The molecule has 3 N–H and O–H groups in total.